The molecular weight excluding hydrogens is 328 g/mol. The van der Waals surface area contributed by atoms with E-state index in [1.807, 2.05) is 47.8 Å². The van der Waals surface area contributed by atoms with Crippen LogP contribution >= 0.6 is 11.3 Å². The molecule has 2 aromatic carbocycles. The van der Waals surface area contributed by atoms with Crippen molar-refractivity contribution in [3.8, 4) is 21.8 Å². The van der Waals surface area contributed by atoms with Gasteiger partial charge in [-0.3, -0.25) is 4.72 Å². The van der Waals surface area contributed by atoms with E-state index in [-0.39, 0.29) is 5.75 Å². The van der Waals surface area contributed by atoms with Crippen molar-refractivity contribution in [3.05, 3.63) is 60.0 Å². The van der Waals surface area contributed by atoms with E-state index < -0.39 is 10.0 Å². The van der Waals surface area contributed by atoms with Gasteiger partial charge >= 0.3 is 0 Å². The average molecular weight is 344 g/mol. The molecule has 0 unspecified atom stereocenters. The summed E-state index contributed by atoms with van der Waals surface area (Å²) >= 11 is 1.57. The maximum atomic E-state index is 11.7. The molecule has 0 atom stereocenters. The second-order valence-corrected chi connectivity index (χ2v) is 7.86. The van der Waals surface area contributed by atoms with E-state index >= 15 is 0 Å². The van der Waals surface area contributed by atoms with Crippen LogP contribution in [-0.2, 0) is 10.0 Å². The first kappa shape index (κ1) is 15.7. The molecule has 23 heavy (non-hydrogen) atoms. The Morgan fingerprint density at radius 3 is 2.52 bits per heavy atom. The molecule has 0 radical (unpaired) electrons. The lowest BCUT2D eigenvalue weighted by molar-refractivity contribution is 0.602. The normalized spacial score (nSPS) is 11.3. The second-order valence-electron chi connectivity index (χ2n) is 4.99. The van der Waals surface area contributed by atoms with Gasteiger partial charge in [0.1, 0.15) is 5.01 Å². The molecule has 1 aromatic heterocycles. The Bertz CT molecular complexity index is 903. The summed E-state index contributed by atoms with van der Waals surface area (Å²) in [6.45, 7) is 1.61. The molecule has 4 nitrogen and oxygen atoms in total. The fourth-order valence-electron chi connectivity index (χ4n) is 2.11. The van der Waals surface area contributed by atoms with Crippen molar-refractivity contribution in [2.75, 3.05) is 10.5 Å². The highest BCUT2D eigenvalue weighted by Gasteiger charge is 2.10. The molecule has 1 N–H and O–H groups in total. The lowest BCUT2D eigenvalue weighted by Crippen LogP contribution is -2.14. The van der Waals surface area contributed by atoms with Gasteiger partial charge < -0.3 is 0 Å². The largest absolute Gasteiger partial charge is 0.284 e. The van der Waals surface area contributed by atoms with Crippen LogP contribution < -0.4 is 4.72 Å². The van der Waals surface area contributed by atoms with Crippen LogP contribution in [-0.4, -0.2) is 19.2 Å². The average Bonchev–Trinajstić information content (AvgIpc) is 3.06. The summed E-state index contributed by atoms with van der Waals surface area (Å²) in [4.78, 5) is 4.65. The number of nitrogens with zero attached hydrogens (tertiary/aromatic N) is 1. The van der Waals surface area contributed by atoms with Gasteiger partial charge in [0, 0.05) is 22.2 Å². The predicted octanol–water partition coefficient (Wildman–Crippen LogP) is 4.24. The zero-order chi connectivity index (χ0) is 16.3. The van der Waals surface area contributed by atoms with Crippen molar-refractivity contribution in [2.45, 2.75) is 6.92 Å². The molecule has 3 aromatic rings. The molecule has 0 amide bonds. The minimum Gasteiger partial charge on any atom is -0.284 e. The van der Waals surface area contributed by atoms with Crippen LogP contribution in [0.4, 0.5) is 5.69 Å². The van der Waals surface area contributed by atoms with Gasteiger partial charge in [0.15, 0.2) is 0 Å². The highest BCUT2D eigenvalue weighted by atomic mass is 32.2. The van der Waals surface area contributed by atoms with Gasteiger partial charge in [-0.15, -0.1) is 11.3 Å². The number of hydrogen-bond donors (Lipinski definition) is 1. The predicted molar refractivity (Wildman–Crippen MR) is 96.1 cm³/mol. The summed E-state index contributed by atoms with van der Waals surface area (Å²) in [5.41, 5.74) is 3.36. The number of sulfonamides is 1. The van der Waals surface area contributed by atoms with Crippen LogP contribution in [0, 0.1) is 0 Å². The first-order valence-corrected chi connectivity index (χ1v) is 9.72. The van der Waals surface area contributed by atoms with Crippen LogP contribution in [0.3, 0.4) is 0 Å². The van der Waals surface area contributed by atoms with Gasteiger partial charge in [-0.1, -0.05) is 42.5 Å². The third kappa shape index (κ3) is 3.78. The molecular formula is C17H16N2O2S2. The van der Waals surface area contributed by atoms with Crippen molar-refractivity contribution in [3.63, 3.8) is 0 Å². The number of thiazole rings is 1. The Balaban J connectivity index is 1.90. The lowest BCUT2D eigenvalue weighted by atomic mass is 10.1. The number of benzene rings is 2. The summed E-state index contributed by atoms with van der Waals surface area (Å²) in [5, 5.41) is 2.93. The molecule has 0 saturated heterocycles. The van der Waals surface area contributed by atoms with Crippen molar-refractivity contribution < 1.29 is 8.42 Å². The zero-order valence-electron chi connectivity index (χ0n) is 12.6. The van der Waals surface area contributed by atoms with Crippen molar-refractivity contribution >= 4 is 27.0 Å². The molecule has 0 spiro atoms. The van der Waals surface area contributed by atoms with Gasteiger partial charge in [-0.25, -0.2) is 13.4 Å². The van der Waals surface area contributed by atoms with E-state index in [1.54, 1.807) is 30.4 Å². The molecule has 3 rings (SSSR count). The first-order valence-electron chi connectivity index (χ1n) is 7.19. The van der Waals surface area contributed by atoms with E-state index in [9.17, 15) is 8.42 Å². The number of nitrogens with one attached hydrogen (secondary N) is 1. The molecule has 0 aliphatic carbocycles. The van der Waals surface area contributed by atoms with Crippen molar-refractivity contribution in [2.24, 2.45) is 0 Å². The van der Waals surface area contributed by atoms with Gasteiger partial charge in [-0.05, 0) is 19.1 Å². The topological polar surface area (TPSA) is 59.1 Å². The lowest BCUT2D eigenvalue weighted by Gasteiger charge is -2.07. The molecule has 0 aliphatic heterocycles. The standard InChI is InChI=1S/C17H16N2O2S2/c1-2-23(20,21)19-15-10-6-9-14(11-15)16-12-22-17(18-16)13-7-4-3-5-8-13/h3-12,19H,2H2,1H3. The fourth-order valence-corrected chi connectivity index (χ4v) is 3.58. The van der Waals surface area contributed by atoms with E-state index in [2.05, 4.69) is 9.71 Å². The zero-order valence-corrected chi connectivity index (χ0v) is 14.2. The Morgan fingerprint density at radius 1 is 1.04 bits per heavy atom. The van der Waals surface area contributed by atoms with E-state index in [0.29, 0.717) is 5.69 Å². The molecule has 118 valence electrons. The Labute approximate surface area is 139 Å². The maximum absolute atomic E-state index is 11.7. The number of rotatable bonds is 5. The van der Waals surface area contributed by atoms with Crippen molar-refractivity contribution in [1.82, 2.24) is 4.98 Å². The molecule has 0 saturated carbocycles. The highest BCUT2D eigenvalue weighted by molar-refractivity contribution is 7.92. The van der Waals surface area contributed by atoms with Crippen LogP contribution in [0.1, 0.15) is 6.92 Å². The second kappa shape index (κ2) is 6.52. The third-order valence-corrected chi connectivity index (χ3v) is 5.53. The van der Waals surface area contributed by atoms with Gasteiger partial charge in [0.05, 0.1) is 11.4 Å². The van der Waals surface area contributed by atoms with Gasteiger partial charge in [0.2, 0.25) is 10.0 Å². The van der Waals surface area contributed by atoms with Gasteiger partial charge in [-0.2, -0.15) is 0 Å². The number of hydrogen-bond acceptors (Lipinski definition) is 4. The Kier molecular flexibility index (Phi) is 4.45. The number of aromatic nitrogens is 1. The minimum absolute atomic E-state index is 0.0477. The maximum Gasteiger partial charge on any atom is 0.232 e. The Morgan fingerprint density at radius 2 is 1.78 bits per heavy atom. The summed E-state index contributed by atoms with van der Waals surface area (Å²) in [6, 6.07) is 17.3. The van der Waals surface area contributed by atoms with E-state index in [0.717, 1.165) is 21.8 Å². The van der Waals surface area contributed by atoms with Crippen LogP contribution in [0.5, 0.6) is 0 Å². The fraction of sp³-hybridized carbons (Fsp3) is 0.118. The van der Waals surface area contributed by atoms with E-state index in [1.165, 1.54) is 0 Å². The molecule has 0 aliphatic rings. The smallest absolute Gasteiger partial charge is 0.232 e. The number of anilines is 1. The third-order valence-electron chi connectivity index (χ3n) is 3.34. The summed E-state index contributed by atoms with van der Waals surface area (Å²) in [6.07, 6.45) is 0. The summed E-state index contributed by atoms with van der Waals surface area (Å²) < 4.78 is 25.9. The van der Waals surface area contributed by atoms with Crippen LogP contribution in [0.15, 0.2) is 60.0 Å². The van der Waals surface area contributed by atoms with Crippen molar-refractivity contribution in [1.29, 1.82) is 0 Å². The SMILES string of the molecule is CCS(=O)(=O)Nc1cccc(-c2csc(-c3ccccc3)n2)c1. The van der Waals surface area contributed by atoms with Crippen LogP contribution in [0.2, 0.25) is 0 Å². The van der Waals surface area contributed by atoms with Gasteiger partial charge in [0.25, 0.3) is 0 Å². The summed E-state index contributed by atoms with van der Waals surface area (Å²) in [7, 11) is -3.28. The summed E-state index contributed by atoms with van der Waals surface area (Å²) in [5.74, 6) is 0.0477. The molecule has 0 fully saturated rings. The van der Waals surface area contributed by atoms with Crippen LogP contribution in [0.25, 0.3) is 21.8 Å². The monoisotopic (exact) mass is 344 g/mol. The highest BCUT2D eigenvalue weighted by Crippen LogP contribution is 2.29. The molecule has 1 heterocycles. The Hall–Kier alpha value is -2.18. The quantitative estimate of drug-likeness (QED) is 0.753. The molecule has 6 heteroatoms. The minimum atomic E-state index is -3.28. The first-order chi connectivity index (χ1) is 11.1. The van der Waals surface area contributed by atoms with E-state index in [4.69, 9.17) is 0 Å². The molecule has 0 bridgehead atoms.